The highest BCUT2D eigenvalue weighted by Crippen LogP contribution is 2.39. The Labute approximate surface area is 211 Å². The molecule has 36 heavy (non-hydrogen) atoms. The van der Waals surface area contributed by atoms with Crippen LogP contribution in [-0.2, 0) is 6.42 Å². The quantitative estimate of drug-likeness (QED) is 0.254. The molecule has 1 aliphatic carbocycles. The molecule has 5 aromatic rings. The zero-order chi connectivity index (χ0) is 24.1. The van der Waals surface area contributed by atoms with Gasteiger partial charge >= 0.3 is 0 Å². The van der Waals surface area contributed by atoms with E-state index in [9.17, 15) is 0 Å². The number of aromatic nitrogens is 1. The zero-order valence-electron chi connectivity index (χ0n) is 20.1. The maximum Gasteiger partial charge on any atom is 0.0616 e. The minimum absolute atomic E-state index is 1.02. The number of benzene rings is 4. The van der Waals surface area contributed by atoms with E-state index in [1.807, 2.05) is 0 Å². The minimum atomic E-state index is 1.02. The van der Waals surface area contributed by atoms with Gasteiger partial charge in [0.1, 0.15) is 0 Å². The third-order valence-electron chi connectivity index (χ3n) is 7.37. The fraction of sp³-hybridized carbons (Fsp3) is 0.0588. The van der Waals surface area contributed by atoms with E-state index in [0.717, 1.165) is 35.4 Å². The summed E-state index contributed by atoms with van der Waals surface area (Å²) in [4.78, 5) is 2.25. The van der Waals surface area contributed by atoms with Crippen LogP contribution in [-0.4, -0.2) is 4.57 Å². The summed E-state index contributed by atoms with van der Waals surface area (Å²) < 4.78 is 2.49. The maximum absolute atomic E-state index is 4.27. The number of anilines is 2. The first kappa shape index (κ1) is 20.8. The highest BCUT2D eigenvalue weighted by Gasteiger charge is 2.21. The van der Waals surface area contributed by atoms with Crippen LogP contribution in [0.5, 0.6) is 0 Å². The van der Waals surface area contributed by atoms with Gasteiger partial charge in [-0.15, -0.1) is 0 Å². The van der Waals surface area contributed by atoms with Crippen LogP contribution in [0.4, 0.5) is 11.4 Å². The summed E-state index contributed by atoms with van der Waals surface area (Å²) >= 11 is 0. The molecule has 0 fully saturated rings. The Bertz CT molecular complexity index is 1740. The Morgan fingerprint density at radius 1 is 0.694 bits per heavy atom. The summed E-state index contributed by atoms with van der Waals surface area (Å²) in [5, 5.41) is 3.90. The highest BCUT2D eigenvalue weighted by molar-refractivity contribution is 6.10. The number of hydrogen-bond donors (Lipinski definition) is 0. The van der Waals surface area contributed by atoms with Gasteiger partial charge in [0.15, 0.2) is 0 Å². The number of fused-ring (bicyclic) bond motifs is 6. The van der Waals surface area contributed by atoms with Gasteiger partial charge in [-0.05, 0) is 60.2 Å². The van der Waals surface area contributed by atoms with E-state index in [4.69, 9.17) is 0 Å². The lowest BCUT2D eigenvalue weighted by atomic mass is 10.0. The Morgan fingerprint density at radius 3 is 2.42 bits per heavy atom. The fourth-order valence-electron chi connectivity index (χ4n) is 5.68. The molecule has 1 aromatic heterocycles. The molecule has 0 bridgehead atoms. The molecule has 0 saturated carbocycles. The number of allylic oxidation sites excluding steroid dienone is 5. The third kappa shape index (κ3) is 3.19. The lowest BCUT2D eigenvalue weighted by Gasteiger charge is -2.25. The lowest BCUT2D eigenvalue weighted by Crippen LogP contribution is -2.11. The average molecular weight is 463 g/mol. The van der Waals surface area contributed by atoms with Gasteiger partial charge in [0.2, 0.25) is 0 Å². The van der Waals surface area contributed by atoms with Crippen molar-refractivity contribution in [3.63, 3.8) is 0 Å². The summed E-state index contributed by atoms with van der Waals surface area (Å²) in [6.07, 6.45) is 15.1. The second kappa shape index (κ2) is 8.28. The summed E-state index contributed by atoms with van der Waals surface area (Å²) in [6.45, 7) is 4.27. The number of para-hydroxylation sites is 1. The van der Waals surface area contributed by atoms with Crippen LogP contribution in [0.15, 0.2) is 122 Å². The average Bonchev–Trinajstić information content (AvgIpc) is 3.27. The first-order chi connectivity index (χ1) is 17.8. The van der Waals surface area contributed by atoms with Gasteiger partial charge < -0.3 is 9.47 Å². The van der Waals surface area contributed by atoms with Gasteiger partial charge in [-0.1, -0.05) is 85.5 Å². The van der Waals surface area contributed by atoms with E-state index in [1.54, 1.807) is 0 Å². The summed E-state index contributed by atoms with van der Waals surface area (Å²) in [5.74, 6) is 0. The molecule has 7 rings (SSSR count). The van der Waals surface area contributed by atoms with Crippen LogP contribution in [0.25, 0.3) is 39.0 Å². The summed E-state index contributed by atoms with van der Waals surface area (Å²) in [6, 6.07) is 30.7. The van der Waals surface area contributed by atoms with Crippen LogP contribution in [0.3, 0.4) is 0 Å². The molecule has 1 aliphatic heterocycles. The maximum atomic E-state index is 4.27. The van der Waals surface area contributed by atoms with Gasteiger partial charge in [0, 0.05) is 45.2 Å². The molecule has 4 aromatic carbocycles. The van der Waals surface area contributed by atoms with E-state index in [-0.39, 0.29) is 0 Å². The number of hydrogen-bond acceptors (Lipinski definition) is 1. The highest BCUT2D eigenvalue weighted by atomic mass is 15.1. The molecule has 0 atom stereocenters. The van der Waals surface area contributed by atoms with Crippen LogP contribution >= 0.6 is 0 Å². The third-order valence-corrected chi connectivity index (χ3v) is 7.37. The van der Waals surface area contributed by atoms with Crippen molar-refractivity contribution in [1.82, 2.24) is 4.57 Å². The topological polar surface area (TPSA) is 8.17 Å². The van der Waals surface area contributed by atoms with Gasteiger partial charge in [-0.25, -0.2) is 0 Å². The Balaban J connectivity index is 1.41. The molecule has 0 N–H and O–H groups in total. The summed E-state index contributed by atoms with van der Waals surface area (Å²) in [7, 11) is 0. The molecule has 2 heteroatoms. The second-order valence-corrected chi connectivity index (χ2v) is 9.45. The minimum Gasteiger partial charge on any atom is -0.317 e. The number of rotatable bonds is 2. The number of nitrogens with zero attached hydrogens (tertiary/aromatic N) is 2. The molecule has 0 radical (unpaired) electrons. The van der Waals surface area contributed by atoms with Crippen LogP contribution < -0.4 is 4.90 Å². The molecule has 0 saturated heterocycles. The summed E-state index contributed by atoms with van der Waals surface area (Å²) in [5.41, 5.74) is 9.68. The van der Waals surface area contributed by atoms with Crippen molar-refractivity contribution in [2.24, 2.45) is 0 Å². The Morgan fingerprint density at radius 2 is 1.50 bits per heavy atom. The van der Waals surface area contributed by atoms with Crippen molar-refractivity contribution >= 4 is 44.7 Å². The zero-order valence-corrected chi connectivity index (χ0v) is 20.1. The molecule has 0 spiro atoms. The van der Waals surface area contributed by atoms with Gasteiger partial charge in [-0.2, -0.15) is 0 Å². The van der Waals surface area contributed by atoms with E-state index in [1.165, 1.54) is 38.6 Å². The van der Waals surface area contributed by atoms with E-state index >= 15 is 0 Å². The normalized spacial score (nSPS) is 16.4. The van der Waals surface area contributed by atoms with Crippen molar-refractivity contribution in [2.45, 2.75) is 12.8 Å². The molecule has 2 nitrogen and oxygen atoms in total. The SMILES string of the molecule is C=C1/C=C\C=C/N(c2ccc(-n3c4c(c5ccc6ccccc6c53)C=CCC4)cc2)c2ccccc21. The molecule has 172 valence electrons. The van der Waals surface area contributed by atoms with E-state index < -0.39 is 0 Å². The van der Waals surface area contributed by atoms with E-state index in [0.29, 0.717) is 0 Å². The van der Waals surface area contributed by atoms with Gasteiger partial charge in [0.25, 0.3) is 0 Å². The van der Waals surface area contributed by atoms with Gasteiger partial charge in [-0.3, -0.25) is 0 Å². The van der Waals surface area contributed by atoms with E-state index in [2.05, 4.69) is 138 Å². The Hall–Kier alpha value is -4.56. The predicted molar refractivity (Wildman–Crippen MR) is 154 cm³/mol. The fourth-order valence-corrected chi connectivity index (χ4v) is 5.68. The smallest absolute Gasteiger partial charge is 0.0616 e. The second-order valence-electron chi connectivity index (χ2n) is 9.45. The largest absolute Gasteiger partial charge is 0.317 e. The van der Waals surface area contributed by atoms with Gasteiger partial charge in [0.05, 0.1) is 11.2 Å². The first-order valence-corrected chi connectivity index (χ1v) is 12.5. The first-order valence-electron chi connectivity index (χ1n) is 12.5. The lowest BCUT2D eigenvalue weighted by molar-refractivity contribution is 0.889. The van der Waals surface area contributed by atoms with Crippen molar-refractivity contribution < 1.29 is 0 Å². The standard InChI is InChI=1S/C34H26N2/c1-24-10-8-9-23-35(32-15-6-4-12-28(24)32)26-18-20-27(21-19-26)36-33-16-7-5-14-30(33)31-22-17-25-11-2-3-13-29(25)34(31)36/h2-6,8-15,17-23H,1,7,16H2/b10-8-,23-9-. The van der Waals surface area contributed by atoms with Crippen LogP contribution in [0.2, 0.25) is 0 Å². The monoisotopic (exact) mass is 462 g/mol. The molecule has 0 amide bonds. The Kier molecular flexibility index (Phi) is 4.78. The van der Waals surface area contributed by atoms with Crippen molar-refractivity contribution in [3.05, 3.63) is 139 Å². The predicted octanol–water partition coefficient (Wildman–Crippen LogP) is 8.98. The van der Waals surface area contributed by atoms with Crippen LogP contribution in [0.1, 0.15) is 23.2 Å². The van der Waals surface area contributed by atoms with Crippen LogP contribution in [0, 0.1) is 0 Å². The molecule has 2 heterocycles. The molecular formula is C34H26N2. The van der Waals surface area contributed by atoms with Crippen molar-refractivity contribution in [3.8, 4) is 5.69 Å². The van der Waals surface area contributed by atoms with Crippen molar-refractivity contribution in [2.75, 3.05) is 4.90 Å². The molecule has 0 unspecified atom stereocenters. The molecular weight excluding hydrogens is 436 g/mol. The van der Waals surface area contributed by atoms with Crippen molar-refractivity contribution in [1.29, 1.82) is 0 Å². The molecule has 2 aliphatic rings.